The van der Waals surface area contributed by atoms with Crippen LogP contribution >= 0.6 is 0 Å². The molecule has 1 saturated carbocycles. The Morgan fingerprint density at radius 1 is 1.04 bits per heavy atom. The molecule has 1 fully saturated rings. The van der Waals surface area contributed by atoms with Gasteiger partial charge in [-0.15, -0.1) is 0 Å². The molecule has 2 aromatic carbocycles. The van der Waals surface area contributed by atoms with Crippen molar-refractivity contribution in [2.75, 3.05) is 12.4 Å². The summed E-state index contributed by atoms with van der Waals surface area (Å²) in [5.41, 5.74) is 3.42. The van der Waals surface area contributed by atoms with Crippen LogP contribution in [0.5, 0.6) is 11.5 Å². The molecule has 1 N–H and O–H groups in total. The molecule has 2 aromatic rings. The van der Waals surface area contributed by atoms with E-state index in [-0.39, 0.29) is 12.0 Å². The molecular weight excluding hydrogens is 314 g/mol. The zero-order valence-corrected chi connectivity index (χ0v) is 15.1. The van der Waals surface area contributed by atoms with E-state index in [0.717, 1.165) is 24.0 Å². The number of hydrogen-bond acceptors (Lipinski definition) is 3. The molecule has 0 radical (unpaired) electrons. The number of carbonyl (C=O) groups is 1. The minimum absolute atomic E-state index is 0.113. The number of carbonyl (C=O) groups excluding carboxylic acids is 1. The van der Waals surface area contributed by atoms with Crippen LogP contribution in [-0.2, 0) is 0 Å². The van der Waals surface area contributed by atoms with Crippen molar-refractivity contribution >= 4 is 11.6 Å². The SMILES string of the molecule is COc1ccc(NC(=O)c2cc(C)ccc2C)cc1OC1CCCC1. The van der Waals surface area contributed by atoms with E-state index in [1.807, 2.05) is 50.2 Å². The van der Waals surface area contributed by atoms with Crippen molar-refractivity contribution in [3.63, 3.8) is 0 Å². The van der Waals surface area contributed by atoms with Crippen LogP contribution in [-0.4, -0.2) is 19.1 Å². The fraction of sp³-hybridized carbons (Fsp3) is 0.381. The second kappa shape index (κ2) is 7.60. The first-order valence-electron chi connectivity index (χ1n) is 8.80. The summed E-state index contributed by atoms with van der Waals surface area (Å²) in [5.74, 6) is 1.27. The molecule has 132 valence electrons. The normalized spacial score (nSPS) is 14.4. The van der Waals surface area contributed by atoms with Gasteiger partial charge in [-0.05, 0) is 63.3 Å². The van der Waals surface area contributed by atoms with Crippen LogP contribution in [0.4, 0.5) is 5.69 Å². The summed E-state index contributed by atoms with van der Waals surface area (Å²) in [7, 11) is 1.63. The Balaban J connectivity index is 1.79. The van der Waals surface area contributed by atoms with E-state index in [4.69, 9.17) is 9.47 Å². The molecule has 0 aromatic heterocycles. The van der Waals surface area contributed by atoms with Gasteiger partial charge in [0.05, 0.1) is 13.2 Å². The van der Waals surface area contributed by atoms with Crippen LogP contribution in [0.2, 0.25) is 0 Å². The largest absolute Gasteiger partial charge is 0.493 e. The Morgan fingerprint density at radius 3 is 2.52 bits per heavy atom. The average molecular weight is 339 g/mol. The quantitative estimate of drug-likeness (QED) is 0.844. The van der Waals surface area contributed by atoms with E-state index in [9.17, 15) is 4.79 Å². The van der Waals surface area contributed by atoms with Gasteiger partial charge in [0.1, 0.15) is 0 Å². The Hall–Kier alpha value is -2.49. The van der Waals surface area contributed by atoms with Crippen molar-refractivity contribution in [3.05, 3.63) is 53.1 Å². The molecule has 25 heavy (non-hydrogen) atoms. The lowest BCUT2D eigenvalue weighted by Gasteiger charge is -2.17. The molecular formula is C21H25NO3. The van der Waals surface area contributed by atoms with Crippen molar-refractivity contribution in [1.29, 1.82) is 0 Å². The lowest BCUT2D eigenvalue weighted by atomic mass is 10.0. The van der Waals surface area contributed by atoms with Gasteiger partial charge >= 0.3 is 0 Å². The molecule has 0 saturated heterocycles. The van der Waals surface area contributed by atoms with Crippen LogP contribution < -0.4 is 14.8 Å². The molecule has 1 aliphatic rings. The van der Waals surface area contributed by atoms with E-state index >= 15 is 0 Å². The van der Waals surface area contributed by atoms with Crippen LogP contribution in [0.1, 0.15) is 47.2 Å². The summed E-state index contributed by atoms with van der Waals surface area (Å²) in [4.78, 5) is 12.6. The Labute approximate surface area is 149 Å². The maximum atomic E-state index is 12.6. The first-order chi connectivity index (χ1) is 12.1. The lowest BCUT2D eigenvalue weighted by molar-refractivity contribution is 0.102. The molecule has 0 bridgehead atoms. The molecule has 0 unspecified atom stereocenters. The predicted octanol–water partition coefficient (Wildman–Crippen LogP) is 4.89. The van der Waals surface area contributed by atoms with Gasteiger partial charge in [-0.2, -0.15) is 0 Å². The molecule has 0 aliphatic heterocycles. The molecule has 1 aliphatic carbocycles. The Kier molecular flexibility index (Phi) is 5.27. The molecule has 4 heteroatoms. The highest BCUT2D eigenvalue weighted by Crippen LogP contribution is 2.34. The fourth-order valence-corrected chi connectivity index (χ4v) is 3.21. The fourth-order valence-electron chi connectivity index (χ4n) is 3.21. The molecule has 0 heterocycles. The summed E-state index contributed by atoms with van der Waals surface area (Å²) < 4.78 is 11.5. The number of aryl methyl sites for hydroxylation is 2. The van der Waals surface area contributed by atoms with E-state index in [0.29, 0.717) is 22.7 Å². The summed E-state index contributed by atoms with van der Waals surface area (Å²) >= 11 is 0. The highest BCUT2D eigenvalue weighted by Gasteiger charge is 2.19. The predicted molar refractivity (Wildman–Crippen MR) is 99.7 cm³/mol. The standard InChI is InChI=1S/C21H25NO3/c1-14-8-9-15(2)18(12-14)21(23)22-16-10-11-19(24-3)20(13-16)25-17-6-4-5-7-17/h8-13,17H,4-7H2,1-3H3,(H,22,23). The van der Waals surface area contributed by atoms with Gasteiger partial charge in [-0.1, -0.05) is 17.7 Å². The van der Waals surface area contributed by atoms with Gasteiger partial charge in [0.25, 0.3) is 5.91 Å². The third kappa shape index (κ3) is 4.13. The molecule has 3 rings (SSSR count). The molecule has 0 atom stereocenters. The molecule has 0 spiro atoms. The maximum Gasteiger partial charge on any atom is 0.255 e. The number of nitrogens with one attached hydrogen (secondary N) is 1. The van der Waals surface area contributed by atoms with E-state index in [2.05, 4.69) is 5.32 Å². The Morgan fingerprint density at radius 2 is 1.80 bits per heavy atom. The van der Waals surface area contributed by atoms with Crippen molar-refractivity contribution < 1.29 is 14.3 Å². The van der Waals surface area contributed by atoms with Gasteiger partial charge in [-0.25, -0.2) is 0 Å². The summed E-state index contributed by atoms with van der Waals surface area (Å²) in [5, 5.41) is 2.97. The van der Waals surface area contributed by atoms with Crippen LogP contribution in [0.15, 0.2) is 36.4 Å². The number of anilines is 1. The summed E-state index contributed by atoms with van der Waals surface area (Å²) in [6, 6.07) is 11.4. The van der Waals surface area contributed by atoms with Gasteiger partial charge in [0.15, 0.2) is 11.5 Å². The zero-order chi connectivity index (χ0) is 17.8. The first kappa shape index (κ1) is 17.3. The summed E-state index contributed by atoms with van der Waals surface area (Å²) in [6.07, 6.45) is 4.79. The topological polar surface area (TPSA) is 47.6 Å². The van der Waals surface area contributed by atoms with Gasteiger partial charge < -0.3 is 14.8 Å². The monoisotopic (exact) mass is 339 g/mol. The third-order valence-corrected chi connectivity index (χ3v) is 4.66. The molecule has 1 amide bonds. The number of benzene rings is 2. The third-order valence-electron chi connectivity index (χ3n) is 4.66. The lowest BCUT2D eigenvalue weighted by Crippen LogP contribution is -2.15. The number of rotatable bonds is 5. The van der Waals surface area contributed by atoms with E-state index in [1.54, 1.807) is 7.11 Å². The van der Waals surface area contributed by atoms with Crippen molar-refractivity contribution in [2.45, 2.75) is 45.6 Å². The first-order valence-corrected chi connectivity index (χ1v) is 8.80. The summed E-state index contributed by atoms with van der Waals surface area (Å²) in [6.45, 7) is 3.92. The van der Waals surface area contributed by atoms with Crippen LogP contribution in [0.25, 0.3) is 0 Å². The average Bonchev–Trinajstić information content (AvgIpc) is 3.10. The number of amides is 1. The zero-order valence-electron chi connectivity index (χ0n) is 15.1. The minimum Gasteiger partial charge on any atom is -0.493 e. The highest BCUT2D eigenvalue weighted by molar-refractivity contribution is 6.05. The second-order valence-electron chi connectivity index (χ2n) is 6.66. The maximum absolute atomic E-state index is 12.6. The van der Waals surface area contributed by atoms with Crippen molar-refractivity contribution in [3.8, 4) is 11.5 Å². The van der Waals surface area contributed by atoms with Crippen molar-refractivity contribution in [1.82, 2.24) is 0 Å². The number of hydrogen-bond donors (Lipinski definition) is 1. The molecule has 4 nitrogen and oxygen atoms in total. The Bertz CT molecular complexity index is 764. The minimum atomic E-state index is -0.113. The van der Waals surface area contributed by atoms with Gasteiger partial charge in [0, 0.05) is 17.3 Å². The van der Waals surface area contributed by atoms with Gasteiger partial charge in [-0.3, -0.25) is 4.79 Å². The van der Waals surface area contributed by atoms with E-state index < -0.39 is 0 Å². The van der Waals surface area contributed by atoms with Crippen molar-refractivity contribution in [2.24, 2.45) is 0 Å². The van der Waals surface area contributed by atoms with Crippen LogP contribution in [0.3, 0.4) is 0 Å². The van der Waals surface area contributed by atoms with Crippen LogP contribution in [0, 0.1) is 13.8 Å². The highest BCUT2D eigenvalue weighted by atomic mass is 16.5. The smallest absolute Gasteiger partial charge is 0.255 e. The van der Waals surface area contributed by atoms with E-state index in [1.165, 1.54) is 12.8 Å². The van der Waals surface area contributed by atoms with Gasteiger partial charge in [0.2, 0.25) is 0 Å². The number of methoxy groups -OCH3 is 1. The second-order valence-corrected chi connectivity index (χ2v) is 6.66. The number of ether oxygens (including phenoxy) is 2.